The highest BCUT2D eigenvalue weighted by Crippen LogP contribution is 2.42. The van der Waals surface area contributed by atoms with Gasteiger partial charge in [-0.1, -0.05) is 63.4 Å². The summed E-state index contributed by atoms with van der Waals surface area (Å²) in [6, 6.07) is 14.2. The number of rotatable bonds is 7. The van der Waals surface area contributed by atoms with Crippen molar-refractivity contribution in [2.45, 2.75) is 69.7 Å². The van der Waals surface area contributed by atoms with Crippen LogP contribution in [0, 0.1) is 11.3 Å². The first kappa shape index (κ1) is 30.7. The Morgan fingerprint density at radius 1 is 1.02 bits per heavy atom. The second-order valence-corrected chi connectivity index (χ2v) is 16.0. The summed E-state index contributed by atoms with van der Waals surface area (Å²) in [4.78, 5) is 35.6. The van der Waals surface area contributed by atoms with Crippen molar-refractivity contribution in [3.8, 4) is 10.4 Å². The van der Waals surface area contributed by atoms with E-state index >= 15 is 0 Å². The van der Waals surface area contributed by atoms with Crippen LogP contribution in [0.1, 0.15) is 68.5 Å². The van der Waals surface area contributed by atoms with Crippen molar-refractivity contribution in [1.82, 2.24) is 9.29 Å². The molecule has 2 saturated heterocycles. The van der Waals surface area contributed by atoms with E-state index in [0.717, 1.165) is 85.6 Å². The molecule has 9 nitrogen and oxygen atoms in total. The lowest BCUT2D eigenvalue weighted by atomic mass is 9.82. The van der Waals surface area contributed by atoms with Gasteiger partial charge in [0, 0.05) is 30.7 Å². The van der Waals surface area contributed by atoms with E-state index in [0.29, 0.717) is 11.1 Å². The predicted octanol–water partition coefficient (Wildman–Crippen LogP) is 6.12. The number of pyridine rings is 1. The molecule has 3 aliphatic rings. The van der Waals surface area contributed by atoms with Gasteiger partial charge in [-0.05, 0) is 60.8 Å². The van der Waals surface area contributed by atoms with Crippen molar-refractivity contribution in [2.75, 3.05) is 36.0 Å². The van der Waals surface area contributed by atoms with Crippen molar-refractivity contribution >= 4 is 44.7 Å². The molecule has 4 heterocycles. The molecule has 1 atom stereocenters. The largest absolute Gasteiger partial charge is 0.477 e. The molecule has 2 aromatic heterocycles. The van der Waals surface area contributed by atoms with Crippen molar-refractivity contribution in [2.24, 2.45) is 11.3 Å². The van der Waals surface area contributed by atoms with Gasteiger partial charge in [0.2, 0.25) is 15.9 Å². The van der Waals surface area contributed by atoms with Crippen LogP contribution in [0.2, 0.25) is 0 Å². The third-order valence-electron chi connectivity index (χ3n) is 9.52. The molecule has 234 valence electrons. The number of aromatic nitrogens is 1. The normalized spacial score (nSPS) is 21.9. The Hall–Kier alpha value is -3.28. The molecule has 0 unspecified atom stereocenters. The Bertz CT molecular complexity index is 1610. The van der Waals surface area contributed by atoms with E-state index in [1.165, 1.54) is 10.5 Å². The molecule has 1 amide bonds. The van der Waals surface area contributed by atoms with E-state index in [1.807, 2.05) is 30.3 Å². The van der Waals surface area contributed by atoms with Crippen LogP contribution in [0.15, 0.2) is 59.6 Å². The summed E-state index contributed by atoms with van der Waals surface area (Å²) in [5.74, 6) is -0.679. The summed E-state index contributed by atoms with van der Waals surface area (Å²) < 4.78 is 29.2. The molecule has 1 N–H and O–H groups in total. The fourth-order valence-electron chi connectivity index (χ4n) is 6.80. The minimum Gasteiger partial charge on any atom is -0.477 e. The van der Waals surface area contributed by atoms with Crippen molar-refractivity contribution in [1.29, 1.82) is 0 Å². The molecule has 2 aliphatic heterocycles. The average Bonchev–Trinajstić information content (AvgIpc) is 3.47. The lowest BCUT2D eigenvalue weighted by Gasteiger charge is -2.44. The van der Waals surface area contributed by atoms with Crippen molar-refractivity contribution in [3.05, 3.63) is 59.6 Å². The van der Waals surface area contributed by atoms with Crippen LogP contribution in [-0.2, 0) is 14.8 Å². The second-order valence-electron chi connectivity index (χ2n) is 13.0. The average molecular weight is 637 g/mol. The molecule has 1 aromatic carbocycles. The van der Waals surface area contributed by atoms with E-state index < -0.39 is 27.9 Å². The van der Waals surface area contributed by atoms with Gasteiger partial charge in [0.05, 0.1) is 18.3 Å². The van der Waals surface area contributed by atoms with Crippen LogP contribution in [0.3, 0.4) is 0 Å². The summed E-state index contributed by atoms with van der Waals surface area (Å²) in [5, 5.41) is 10.2. The molecule has 3 fully saturated rings. The number of carboxylic acids is 1. The van der Waals surface area contributed by atoms with E-state index in [2.05, 4.69) is 23.7 Å². The number of piperidine rings is 1. The maximum atomic E-state index is 14.0. The van der Waals surface area contributed by atoms with Gasteiger partial charge in [-0.2, -0.15) is 4.31 Å². The highest BCUT2D eigenvalue weighted by Gasteiger charge is 2.44. The molecule has 0 spiro atoms. The Morgan fingerprint density at radius 2 is 1.73 bits per heavy atom. The number of hydrogen-bond acceptors (Lipinski definition) is 7. The quantitative estimate of drug-likeness (QED) is 0.333. The van der Waals surface area contributed by atoms with Gasteiger partial charge in [-0.3, -0.25) is 4.79 Å². The van der Waals surface area contributed by atoms with Crippen LogP contribution < -0.4 is 9.80 Å². The molecule has 44 heavy (non-hydrogen) atoms. The first-order valence-electron chi connectivity index (χ1n) is 15.5. The number of carbonyl (C=O) groups is 2. The zero-order valence-electron chi connectivity index (χ0n) is 25.3. The number of piperazine rings is 1. The van der Waals surface area contributed by atoms with Gasteiger partial charge in [0.15, 0.2) is 0 Å². The number of carbonyl (C=O) groups excluding carboxylic acids is 1. The molecule has 0 radical (unpaired) electrons. The van der Waals surface area contributed by atoms with Gasteiger partial charge in [-0.25, -0.2) is 18.2 Å². The second kappa shape index (κ2) is 12.3. The fourth-order valence-corrected chi connectivity index (χ4v) is 9.15. The standard InChI is InChI=1S/C33H40N4O5S2/c1-33(2)15-17-35(18-16-33)29-14-13-25(20-34-29)44(41,42)36-21-27(23-9-5-3-6-10-23)37(30(38)22-36)26-19-28(43-31(26)32(39)40)24-11-7-4-8-12-24/h4,7-8,11-14,19-20,23,27H,3,5-6,9-10,15-18,21-22H2,1-2H3,(H,39,40)/t27-/m0/s1. The third-order valence-corrected chi connectivity index (χ3v) is 12.5. The SMILES string of the molecule is CC1(C)CCN(c2ccc(S(=O)(=O)N3CC(=O)N(c4cc(-c5ccccc5)sc4C(=O)O)[C@H](C4CCCCC4)C3)cn2)CC1. The summed E-state index contributed by atoms with van der Waals surface area (Å²) in [5.41, 5.74) is 1.52. The van der Waals surface area contributed by atoms with Crippen molar-refractivity contribution < 1.29 is 23.1 Å². The van der Waals surface area contributed by atoms with Crippen LogP contribution in [0.4, 0.5) is 11.5 Å². The minimum atomic E-state index is -4.01. The third kappa shape index (κ3) is 6.14. The number of amides is 1. The Kier molecular flexibility index (Phi) is 8.56. The number of anilines is 2. The van der Waals surface area contributed by atoms with Gasteiger partial charge >= 0.3 is 5.97 Å². The number of nitrogens with zero attached hydrogens (tertiary/aromatic N) is 4. The summed E-state index contributed by atoms with van der Waals surface area (Å²) in [6.07, 6.45) is 8.33. The van der Waals surface area contributed by atoms with Gasteiger partial charge in [0.25, 0.3) is 0 Å². The van der Waals surface area contributed by atoms with E-state index in [9.17, 15) is 23.1 Å². The summed E-state index contributed by atoms with van der Waals surface area (Å²) in [7, 11) is -4.01. The first-order valence-corrected chi connectivity index (χ1v) is 17.7. The molecule has 6 rings (SSSR count). The van der Waals surface area contributed by atoms with Crippen LogP contribution >= 0.6 is 11.3 Å². The monoisotopic (exact) mass is 636 g/mol. The molecule has 11 heteroatoms. The fraction of sp³-hybridized carbons (Fsp3) is 0.485. The van der Waals surface area contributed by atoms with E-state index in [-0.39, 0.29) is 28.8 Å². The highest BCUT2D eigenvalue weighted by molar-refractivity contribution is 7.89. The van der Waals surface area contributed by atoms with Crippen LogP contribution in [-0.4, -0.2) is 66.9 Å². The number of hydrogen-bond donors (Lipinski definition) is 1. The maximum absolute atomic E-state index is 14.0. The molecular formula is C33H40N4O5S2. The van der Waals surface area contributed by atoms with Gasteiger partial charge in [0.1, 0.15) is 15.6 Å². The number of sulfonamides is 1. The zero-order valence-corrected chi connectivity index (χ0v) is 26.9. The van der Waals surface area contributed by atoms with Crippen LogP contribution in [0.5, 0.6) is 0 Å². The number of benzene rings is 1. The lowest BCUT2D eigenvalue weighted by Crippen LogP contribution is -2.60. The van der Waals surface area contributed by atoms with Gasteiger partial charge in [-0.15, -0.1) is 11.3 Å². The molecule has 0 bridgehead atoms. The molecule has 1 aliphatic carbocycles. The Labute approximate surface area is 263 Å². The van der Waals surface area contributed by atoms with Gasteiger partial charge < -0.3 is 14.9 Å². The number of thiophene rings is 1. The Morgan fingerprint density at radius 3 is 2.36 bits per heavy atom. The van der Waals surface area contributed by atoms with Crippen molar-refractivity contribution in [3.63, 3.8) is 0 Å². The zero-order chi connectivity index (χ0) is 31.1. The molecular weight excluding hydrogens is 597 g/mol. The van der Waals surface area contributed by atoms with E-state index in [4.69, 9.17) is 0 Å². The predicted molar refractivity (Wildman–Crippen MR) is 173 cm³/mol. The molecule has 1 saturated carbocycles. The number of aromatic carboxylic acids is 1. The molecule has 3 aromatic rings. The van der Waals surface area contributed by atoms with E-state index in [1.54, 1.807) is 23.1 Å². The Balaban J connectivity index is 1.30. The minimum absolute atomic E-state index is 0.0651. The first-order chi connectivity index (χ1) is 21.0. The summed E-state index contributed by atoms with van der Waals surface area (Å²) >= 11 is 1.14. The summed E-state index contributed by atoms with van der Waals surface area (Å²) in [6.45, 7) is 6.02. The van der Waals surface area contributed by atoms with Crippen LogP contribution in [0.25, 0.3) is 10.4 Å². The lowest BCUT2D eigenvalue weighted by molar-refractivity contribution is -0.121. The smallest absolute Gasteiger partial charge is 0.348 e. The number of carboxylic acid groups (broad SMARTS) is 1. The highest BCUT2D eigenvalue weighted by atomic mass is 32.2. The maximum Gasteiger partial charge on any atom is 0.348 e. The topological polar surface area (TPSA) is 111 Å².